The van der Waals surface area contributed by atoms with Crippen molar-refractivity contribution in [1.82, 2.24) is 15.0 Å². The lowest BCUT2D eigenvalue weighted by Gasteiger charge is -2.09. The molecule has 1 amide bonds. The van der Waals surface area contributed by atoms with Crippen LogP contribution in [0.1, 0.15) is 42.2 Å². The van der Waals surface area contributed by atoms with Crippen LogP contribution in [-0.2, 0) is 10.0 Å². The quantitative estimate of drug-likeness (QED) is 0.585. The van der Waals surface area contributed by atoms with Gasteiger partial charge in [-0.15, -0.1) is 0 Å². The second-order valence-electron chi connectivity index (χ2n) is 5.03. The molecule has 0 saturated heterocycles. The third-order valence-corrected chi connectivity index (χ3v) is 3.59. The van der Waals surface area contributed by atoms with Gasteiger partial charge in [0.2, 0.25) is 10.0 Å². The van der Waals surface area contributed by atoms with E-state index < -0.39 is 10.0 Å². The summed E-state index contributed by atoms with van der Waals surface area (Å²) in [5, 5.41) is 3.00. The summed E-state index contributed by atoms with van der Waals surface area (Å²) in [5.41, 5.74) is 1.21. The molecule has 118 valence electrons. The Morgan fingerprint density at radius 2 is 2.00 bits per heavy atom. The van der Waals surface area contributed by atoms with Crippen molar-refractivity contribution in [2.24, 2.45) is 0 Å². The van der Waals surface area contributed by atoms with Crippen LogP contribution in [0.4, 0.5) is 0 Å². The van der Waals surface area contributed by atoms with Gasteiger partial charge in [-0.25, -0.2) is 18.1 Å². The molecule has 0 aliphatic rings. The minimum Gasteiger partial charge on any atom is -0.352 e. The molecule has 0 saturated carbocycles. The molecule has 0 radical (unpaired) electrons. The standard InChI is InChI=1S/C13H20ClN3O3S/c1-9(2)11-7-10(8-12(14)17-11)13(18)15-5-4-6-16-21(3,19)20/h7-9,16H,4-6H2,1-3H3,(H,15,18). The van der Waals surface area contributed by atoms with Crippen molar-refractivity contribution >= 4 is 27.5 Å². The fourth-order valence-electron chi connectivity index (χ4n) is 1.59. The number of pyridine rings is 1. The van der Waals surface area contributed by atoms with E-state index in [2.05, 4.69) is 15.0 Å². The van der Waals surface area contributed by atoms with Gasteiger partial charge in [-0.05, 0) is 24.5 Å². The van der Waals surface area contributed by atoms with Gasteiger partial charge in [-0.3, -0.25) is 4.79 Å². The number of rotatable bonds is 7. The number of amides is 1. The van der Waals surface area contributed by atoms with Crippen LogP contribution in [0.5, 0.6) is 0 Å². The van der Waals surface area contributed by atoms with E-state index in [0.717, 1.165) is 11.9 Å². The Labute approximate surface area is 130 Å². The molecule has 2 N–H and O–H groups in total. The highest BCUT2D eigenvalue weighted by Crippen LogP contribution is 2.17. The summed E-state index contributed by atoms with van der Waals surface area (Å²) >= 11 is 5.90. The molecule has 1 heterocycles. The van der Waals surface area contributed by atoms with Crippen molar-refractivity contribution in [2.75, 3.05) is 19.3 Å². The first-order chi connectivity index (χ1) is 9.69. The maximum absolute atomic E-state index is 12.0. The Morgan fingerprint density at radius 1 is 1.33 bits per heavy atom. The highest BCUT2D eigenvalue weighted by Gasteiger charge is 2.11. The predicted molar refractivity (Wildman–Crippen MR) is 83.1 cm³/mol. The number of carbonyl (C=O) groups excluding carboxylic acids is 1. The number of halogens is 1. The van der Waals surface area contributed by atoms with E-state index >= 15 is 0 Å². The summed E-state index contributed by atoms with van der Waals surface area (Å²) in [4.78, 5) is 16.2. The normalized spacial score (nSPS) is 11.7. The van der Waals surface area contributed by atoms with Gasteiger partial charge in [-0.1, -0.05) is 25.4 Å². The first-order valence-electron chi connectivity index (χ1n) is 6.59. The number of carbonyl (C=O) groups is 1. The van der Waals surface area contributed by atoms with Crippen LogP contribution in [0.2, 0.25) is 5.15 Å². The monoisotopic (exact) mass is 333 g/mol. The van der Waals surface area contributed by atoms with Gasteiger partial charge < -0.3 is 5.32 Å². The zero-order chi connectivity index (χ0) is 16.0. The maximum atomic E-state index is 12.0. The van der Waals surface area contributed by atoms with Crippen LogP contribution in [-0.4, -0.2) is 38.7 Å². The lowest BCUT2D eigenvalue weighted by molar-refractivity contribution is 0.0953. The van der Waals surface area contributed by atoms with Crippen LogP contribution in [0.25, 0.3) is 0 Å². The van der Waals surface area contributed by atoms with Crippen molar-refractivity contribution in [2.45, 2.75) is 26.2 Å². The van der Waals surface area contributed by atoms with Gasteiger partial charge in [0.25, 0.3) is 5.91 Å². The molecule has 0 aliphatic carbocycles. The first kappa shape index (κ1) is 17.9. The average molecular weight is 334 g/mol. The molecule has 0 aliphatic heterocycles. The number of aromatic nitrogens is 1. The zero-order valence-corrected chi connectivity index (χ0v) is 13.9. The third kappa shape index (κ3) is 6.88. The average Bonchev–Trinajstić information content (AvgIpc) is 2.35. The fraction of sp³-hybridized carbons (Fsp3) is 0.538. The van der Waals surface area contributed by atoms with Crippen LogP contribution < -0.4 is 10.0 Å². The van der Waals surface area contributed by atoms with Gasteiger partial charge in [0.05, 0.1) is 6.26 Å². The van der Waals surface area contributed by atoms with Crippen molar-refractivity contribution in [3.63, 3.8) is 0 Å². The molecular weight excluding hydrogens is 314 g/mol. The molecule has 0 spiro atoms. The van der Waals surface area contributed by atoms with Crippen molar-refractivity contribution in [3.8, 4) is 0 Å². The highest BCUT2D eigenvalue weighted by atomic mass is 35.5. The van der Waals surface area contributed by atoms with E-state index in [1.54, 1.807) is 6.07 Å². The molecular formula is C13H20ClN3O3S. The summed E-state index contributed by atoms with van der Waals surface area (Å²) in [6.45, 7) is 4.60. The number of nitrogens with one attached hydrogen (secondary N) is 2. The summed E-state index contributed by atoms with van der Waals surface area (Å²) in [7, 11) is -3.19. The molecule has 0 aromatic carbocycles. The molecule has 8 heteroatoms. The van der Waals surface area contributed by atoms with Gasteiger partial charge in [-0.2, -0.15) is 0 Å². The second kappa shape index (κ2) is 7.72. The van der Waals surface area contributed by atoms with Gasteiger partial charge in [0, 0.05) is 24.3 Å². The lowest BCUT2D eigenvalue weighted by Crippen LogP contribution is -2.29. The van der Waals surface area contributed by atoms with E-state index in [0.29, 0.717) is 18.5 Å². The molecule has 0 fully saturated rings. The Hall–Kier alpha value is -1.18. The van der Waals surface area contributed by atoms with Crippen molar-refractivity contribution < 1.29 is 13.2 Å². The van der Waals surface area contributed by atoms with Crippen LogP contribution >= 0.6 is 11.6 Å². The van der Waals surface area contributed by atoms with E-state index in [1.165, 1.54) is 6.07 Å². The largest absolute Gasteiger partial charge is 0.352 e. The number of hydrogen-bond acceptors (Lipinski definition) is 4. The summed E-state index contributed by atoms with van der Waals surface area (Å²) in [5.74, 6) is -0.0743. The highest BCUT2D eigenvalue weighted by molar-refractivity contribution is 7.88. The molecule has 0 atom stereocenters. The number of hydrogen-bond donors (Lipinski definition) is 2. The van der Waals surface area contributed by atoms with Crippen LogP contribution in [0, 0.1) is 0 Å². The summed E-state index contributed by atoms with van der Waals surface area (Å²) in [6, 6.07) is 3.22. The zero-order valence-electron chi connectivity index (χ0n) is 12.3. The minimum absolute atomic E-state index is 0.175. The molecule has 21 heavy (non-hydrogen) atoms. The topological polar surface area (TPSA) is 88.2 Å². The number of sulfonamides is 1. The smallest absolute Gasteiger partial charge is 0.251 e. The maximum Gasteiger partial charge on any atom is 0.251 e. The molecule has 1 aromatic rings. The Kier molecular flexibility index (Phi) is 6.57. The van der Waals surface area contributed by atoms with E-state index in [4.69, 9.17) is 11.6 Å². The SMILES string of the molecule is CC(C)c1cc(C(=O)NCCCNS(C)(=O)=O)cc(Cl)n1. The van der Waals surface area contributed by atoms with Gasteiger partial charge in [0.1, 0.15) is 5.15 Å². The molecule has 6 nitrogen and oxygen atoms in total. The second-order valence-corrected chi connectivity index (χ2v) is 7.25. The van der Waals surface area contributed by atoms with Gasteiger partial charge in [0.15, 0.2) is 0 Å². The van der Waals surface area contributed by atoms with Crippen LogP contribution in [0.3, 0.4) is 0 Å². The molecule has 1 rings (SSSR count). The van der Waals surface area contributed by atoms with E-state index in [-0.39, 0.29) is 23.5 Å². The Balaban J connectivity index is 2.52. The summed E-state index contributed by atoms with van der Waals surface area (Å²) < 4.78 is 24.1. The lowest BCUT2D eigenvalue weighted by atomic mass is 10.1. The molecule has 1 aromatic heterocycles. The third-order valence-electron chi connectivity index (χ3n) is 2.67. The van der Waals surface area contributed by atoms with Gasteiger partial charge >= 0.3 is 0 Å². The summed E-state index contributed by atoms with van der Waals surface area (Å²) in [6.07, 6.45) is 1.60. The van der Waals surface area contributed by atoms with E-state index in [1.807, 2.05) is 13.8 Å². The van der Waals surface area contributed by atoms with E-state index in [9.17, 15) is 13.2 Å². The minimum atomic E-state index is -3.19. The Morgan fingerprint density at radius 3 is 2.57 bits per heavy atom. The van der Waals surface area contributed by atoms with Crippen LogP contribution in [0.15, 0.2) is 12.1 Å². The first-order valence-corrected chi connectivity index (χ1v) is 8.86. The van der Waals surface area contributed by atoms with Crippen molar-refractivity contribution in [3.05, 3.63) is 28.5 Å². The number of nitrogens with zero attached hydrogens (tertiary/aromatic N) is 1. The molecule has 0 unspecified atom stereocenters. The fourth-order valence-corrected chi connectivity index (χ4v) is 2.32. The van der Waals surface area contributed by atoms with Crippen molar-refractivity contribution in [1.29, 1.82) is 0 Å². The Bertz CT molecular complexity index is 603. The molecule has 0 bridgehead atoms. The predicted octanol–water partition coefficient (Wildman–Crippen LogP) is 1.53.